The fourth-order valence-corrected chi connectivity index (χ4v) is 3.02. The van der Waals surface area contributed by atoms with Crippen molar-refractivity contribution in [3.63, 3.8) is 0 Å². The van der Waals surface area contributed by atoms with Gasteiger partial charge in [0.25, 0.3) is 0 Å². The van der Waals surface area contributed by atoms with Gasteiger partial charge in [-0.25, -0.2) is 0 Å². The van der Waals surface area contributed by atoms with Crippen LogP contribution in [0.4, 0.5) is 0 Å². The van der Waals surface area contributed by atoms with E-state index in [1.54, 1.807) is 0 Å². The lowest BCUT2D eigenvalue weighted by atomic mass is 10.0. The molecule has 2 heteroatoms. The Bertz CT molecular complexity index is 363. The van der Waals surface area contributed by atoms with Gasteiger partial charge in [-0.05, 0) is 30.4 Å². The lowest BCUT2D eigenvalue weighted by Crippen LogP contribution is -2.15. The van der Waals surface area contributed by atoms with Crippen molar-refractivity contribution in [1.29, 1.82) is 0 Å². The average molecular weight is 235 g/mol. The van der Waals surface area contributed by atoms with Gasteiger partial charge in [-0.15, -0.1) is 11.8 Å². The summed E-state index contributed by atoms with van der Waals surface area (Å²) < 4.78 is 0.249. The minimum Gasteiger partial charge on any atom is -0.324 e. The number of thioether (sulfide) groups is 1. The van der Waals surface area contributed by atoms with Crippen molar-refractivity contribution in [3.05, 3.63) is 29.8 Å². The Balaban J connectivity index is 2.22. The van der Waals surface area contributed by atoms with Gasteiger partial charge in [0.2, 0.25) is 0 Å². The highest BCUT2D eigenvalue weighted by Gasteiger charge is 2.31. The molecule has 0 saturated heterocycles. The van der Waals surface area contributed by atoms with Crippen LogP contribution in [0.3, 0.4) is 0 Å². The molecule has 0 radical (unpaired) electrons. The third-order valence-corrected chi connectivity index (χ3v) is 4.03. The minimum atomic E-state index is 0.242. The third kappa shape index (κ3) is 3.02. The third-order valence-electron chi connectivity index (χ3n) is 2.82. The van der Waals surface area contributed by atoms with Gasteiger partial charge in [-0.2, -0.15) is 0 Å². The molecule has 2 N–H and O–H groups in total. The molecule has 1 aliphatic carbocycles. The highest BCUT2D eigenvalue weighted by atomic mass is 32.2. The highest BCUT2D eigenvalue weighted by molar-refractivity contribution is 8.00. The number of nitrogens with two attached hydrogens (primary N) is 1. The smallest absolute Gasteiger partial charge is 0.0334 e. The zero-order valence-electron chi connectivity index (χ0n) is 10.4. The molecule has 0 heterocycles. The van der Waals surface area contributed by atoms with E-state index in [9.17, 15) is 0 Å². The van der Waals surface area contributed by atoms with Crippen LogP contribution in [0.5, 0.6) is 0 Å². The summed E-state index contributed by atoms with van der Waals surface area (Å²) in [7, 11) is 0. The molecule has 0 bridgehead atoms. The van der Waals surface area contributed by atoms with E-state index in [0.717, 1.165) is 5.92 Å². The normalized spacial score (nSPS) is 18.5. The Hall–Kier alpha value is -0.470. The monoisotopic (exact) mass is 235 g/mol. The van der Waals surface area contributed by atoms with Crippen LogP contribution in [0.2, 0.25) is 0 Å². The summed E-state index contributed by atoms with van der Waals surface area (Å²) in [6, 6.07) is 8.84. The molecule has 1 saturated carbocycles. The molecular weight excluding hydrogens is 214 g/mol. The summed E-state index contributed by atoms with van der Waals surface area (Å²) in [5.74, 6) is 0.724. The van der Waals surface area contributed by atoms with Crippen molar-refractivity contribution in [2.75, 3.05) is 0 Å². The van der Waals surface area contributed by atoms with E-state index in [4.69, 9.17) is 5.73 Å². The fraction of sp³-hybridized carbons (Fsp3) is 0.571. The Morgan fingerprint density at radius 1 is 1.25 bits per heavy atom. The molecule has 2 rings (SSSR count). The van der Waals surface area contributed by atoms with Crippen LogP contribution < -0.4 is 5.73 Å². The van der Waals surface area contributed by atoms with Crippen LogP contribution in [0, 0.1) is 5.92 Å². The molecular formula is C14H21NS. The lowest BCUT2D eigenvalue weighted by molar-refractivity contribution is 0.622. The Morgan fingerprint density at radius 3 is 2.44 bits per heavy atom. The summed E-state index contributed by atoms with van der Waals surface area (Å²) >= 11 is 1.92. The van der Waals surface area contributed by atoms with Crippen molar-refractivity contribution in [2.45, 2.75) is 49.3 Å². The first-order chi connectivity index (χ1) is 7.47. The molecule has 88 valence electrons. The average Bonchev–Trinajstić information content (AvgIpc) is 2.98. The summed E-state index contributed by atoms with van der Waals surface area (Å²) in [4.78, 5) is 1.36. The second-order valence-electron chi connectivity index (χ2n) is 5.62. The Labute approximate surface area is 103 Å². The Morgan fingerprint density at radius 2 is 1.88 bits per heavy atom. The molecule has 1 nitrogen and oxygen atoms in total. The number of rotatable bonds is 3. The van der Waals surface area contributed by atoms with Gasteiger partial charge in [0, 0.05) is 15.7 Å². The first kappa shape index (κ1) is 12.0. The maximum Gasteiger partial charge on any atom is 0.0334 e. The second-order valence-corrected chi connectivity index (χ2v) is 7.48. The zero-order valence-corrected chi connectivity index (χ0v) is 11.2. The van der Waals surface area contributed by atoms with E-state index in [2.05, 4.69) is 45.0 Å². The Kier molecular flexibility index (Phi) is 3.32. The van der Waals surface area contributed by atoms with Crippen molar-refractivity contribution in [2.24, 2.45) is 11.7 Å². The largest absolute Gasteiger partial charge is 0.324 e. The van der Waals surface area contributed by atoms with Crippen molar-refractivity contribution in [1.82, 2.24) is 0 Å². The van der Waals surface area contributed by atoms with Crippen LogP contribution in [-0.4, -0.2) is 4.75 Å². The standard InChI is InChI=1S/C14H21NS/c1-14(2,3)16-12-7-5-4-6-11(12)13(15)10-8-9-10/h4-7,10,13H,8-9,15H2,1-3H3/t13-/m0/s1. The number of benzene rings is 1. The topological polar surface area (TPSA) is 26.0 Å². The van der Waals surface area contributed by atoms with E-state index >= 15 is 0 Å². The first-order valence-corrected chi connectivity index (χ1v) is 6.82. The molecule has 1 fully saturated rings. The lowest BCUT2D eigenvalue weighted by Gasteiger charge is -2.22. The molecule has 0 aromatic heterocycles. The SMILES string of the molecule is CC(C)(C)Sc1ccccc1[C@@H](N)C1CC1. The fourth-order valence-electron chi connectivity index (χ4n) is 1.89. The summed E-state index contributed by atoms with van der Waals surface area (Å²) in [5, 5.41) is 0. The zero-order chi connectivity index (χ0) is 11.8. The maximum atomic E-state index is 6.31. The van der Waals surface area contributed by atoms with Crippen molar-refractivity contribution in [3.8, 4) is 0 Å². The molecule has 16 heavy (non-hydrogen) atoms. The second kappa shape index (κ2) is 4.42. The molecule has 0 aliphatic heterocycles. The molecule has 1 atom stereocenters. The van der Waals surface area contributed by atoms with E-state index in [1.807, 2.05) is 11.8 Å². The first-order valence-electron chi connectivity index (χ1n) is 6.01. The molecule has 1 aromatic carbocycles. The van der Waals surface area contributed by atoms with Crippen molar-refractivity contribution < 1.29 is 0 Å². The van der Waals surface area contributed by atoms with Gasteiger partial charge < -0.3 is 5.73 Å². The van der Waals surface area contributed by atoms with Crippen LogP contribution >= 0.6 is 11.8 Å². The molecule has 1 aromatic rings. The van der Waals surface area contributed by atoms with Crippen LogP contribution in [0.15, 0.2) is 29.2 Å². The van der Waals surface area contributed by atoms with Crippen LogP contribution in [0.1, 0.15) is 45.2 Å². The molecule has 0 unspecified atom stereocenters. The van der Waals surface area contributed by atoms with Crippen LogP contribution in [0.25, 0.3) is 0 Å². The van der Waals surface area contributed by atoms with Crippen molar-refractivity contribution >= 4 is 11.8 Å². The van der Waals surface area contributed by atoms with E-state index in [-0.39, 0.29) is 10.8 Å². The van der Waals surface area contributed by atoms with Gasteiger partial charge >= 0.3 is 0 Å². The van der Waals surface area contributed by atoms with Gasteiger partial charge in [-0.3, -0.25) is 0 Å². The predicted molar refractivity (Wildman–Crippen MR) is 71.7 cm³/mol. The van der Waals surface area contributed by atoms with Gasteiger partial charge in [0.15, 0.2) is 0 Å². The van der Waals surface area contributed by atoms with Gasteiger partial charge in [-0.1, -0.05) is 39.0 Å². The molecule has 0 amide bonds. The van der Waals surface area contributed by atoms with Crippen LogP contribution in [-0.2, 0) is 0 Å². The number of hydrogen-bond acceptors (Lipinski definition) is 2. The number of hydrogen-bond donors (Lipinski definition) is 1. The summed E-state index contributed by atoms with van der Waals surface area (Å²) in [6.45, 7) is 6.74. The molecule has 0 spiro atoms. The van der Waals surface area contributed by atoms with E-state index < -0.39 is 0 Å². The molecule has 1 aliphatic rings. The summed E-state index contributed by atoms with van der Waals surface area (Å²) in [6.07, 6.45) is 2.60. The predicted octanol–water partition coefficient (Wildman–Crippen LogP) is 3.99. The summed E-state index contributed by atoms with van der Waals surface area (Å²) in [5.41, 5.74) is 7.64. The maximum absolute atomic E-state index is 6.31. The van der Waals surface area contributed by atoms with E-state index in [1.165, 1.54) is 23.3 Å². The minimum absolute atomic E-state index is 0.242. The highest BCUT2D eigenvalue weighted by Crippen LogP contribution is 2.43. The van der Waals surface area contributed by atoms with Gasteiger partial charge in [0.05, 0.1) is 0 Å². The quantitative estimate of drug-likeness (QED) is 0.802. The van der Waals surface area contributed by atoms with Gasteiger partial charge in [0.1, 0.15) is 0 Å². The van der Waals surface area contributed by atoms with E-state index in [0.29, 0.717) is 0 Å².